The van der Waals surface area contributed by atoms with E-state index in [1.807, 2.05) is 13.8 Å². The zero-order chi connectivity index (χ0) is 13.1. The van der Waals surface area contributed by atoms with Crippen molar-refractivity contribution in [2.45, 2.75) is 19.8 Å². The van der Waals surface area contributed by atoms with Gasteiger partial charge in [0.2, 0.25) is 0 Å². The Hall–Kier alpha value is -1.82. The summed E-state index contributed by atoms with van der Waals surface area (Å²) in [5.41, 5.74) is 6.37. The highest BCUT2D eigenvalue weighted by atomic mass is 32.1. The normalized spacial score (nSPS) is 10.7. The van der Waals surface area contributed by atoms with Crippen LogP contribution in [0, 0.1) is 0 Å². The van der Waals surface area contributed by atoms with E-state index in [-0.39, 0.29) is 5.92 Å². The first-order chi connectivity index (χ1) is 8.60. The Morgan fingerprint density at radius 3 is 2.72 bits per heavy atom. The van der Waals surface area contributed by atoms with Gasteiger partial charge in [-0.2, -0.15) is 9.36 Å². The van der Waals surface area contributed by atoms with Gasteiger partial charge in [0.25, 0.3) is 5.19 Å². The van der Waals surface area contributed by atoms with Crippen LogP contribution in [0.1, 0.15) is 25.6 Å². The summed E-state index contributed by atoms with van der Waals surface area (Å²) in [5.74, 6) is 2.27. The fourth-order valence-corrected chi connectivity index (χ4v) is 2.00. The monoisotopic (exact) mass is 265 g/mol. The van der Waals surface area contributed by atoms with Crippen molar-refractivity contribution >= 4 is 17.2 Å². The predicted octanol–water partition coefficient (Wildman–Crippen LogP) is 3.04. The molecule has 0 aliphatic carbocycles. The van der Waals surface area contributed by atoms with E-state index in [1.165, 1.54) is 11.5 Å². The molecular formula is C12H15N3O2S. The zero-order valence-electron chi connectivity index (χ0n) is 10.5. The van der Waals surface area contributed by atoms with Gasteiger partial charge in [0.05, 0.1) is 12.8 Å². The van der Waals surface area contributed by atoms with Gasteiger partial charge >= 0.3 is 0 Å². The van der Waals surface area contributed by atoms with E-state index in [2.05, 4.69) is 9.36 Å². The van der Waals surface area contributed by atoms with Gasteiger partial charge < -0.3 is 15.2 Å². The second-order valence-corrected chi connectivity index (χ2v) is 4.79. The molecule has 0 atom stereocenters. The topological polar surface area (TPSA) is 70.3 Å². The van der Waals surface area contributed by atoms with E-state index in [4.69, 9.17) is 15.2 Å². The standard InChI is InChI=1S/C12H15N3O2S/c1-7(2)11-14-12(18-15-11)17-10-6-8(16-3)4-5-9(10)13/h4-7H,13H2,1-3H3. The van der Waals surface area contributed by atoms with Crippen LogP contribution >= 0.6 is 11.5 Å². The van der Waals surface area contributed by atoms with Gasteiger partial charge in [-0.3, -0.25) is 0 Å². The predicted molar refractivity (Wildman–Crippen MR) is 71.5 cm³/mol. The third kappa shape index (κ3) is 2.70. The summed E-state index contributed by atoms with van der Waals surface area (Å²) in [4.78, 5) is 4.29. The molecule has 2 N–H and O–H groups in total. The largest absolute Gasteiger partial charge is 0.497 e. The minimum Gasteiger partial charge on any atom is -0.497 e. The Balaban J connectivity index is 2.22. The molecule has 2 rings (SSSR count). The van der Waals surface area contributed by atoms with Crippen molar-refractivity contribution in [2.24, 2.45) is 0 Å². The van der Waals surface area contributed by atoms with E-state index in [0.29, 0.717) is 22.4 Å². The van der Waals surface area contributed by atoms with Crippen LogP contribution in [0.2, 0.25) is 0 Å². The van der Waals surface area contributed by atoms with Crippen LogP contribution in [0.4, 0.5) is 5.69 Å². The highest BCUT2D eigenvalue weighted by Gasteiger charge is 2.11. The fourth-order valence-electron chi connectivity index (χ4n) is 1.32. The number of nitrogens with zero attached hydrogens (tertiary/aromatic N) is 2. The molecule has 0 saturated heterocycles. The molecule has 18 heavy (non-hydrogen) atoms. The van der Waals surface area contributed by atoms with Crippen LogP contribution in [-0.4, -0.2) is 16.5 Å². The minimum atomic E-state index is 0.279. The zero-order valence-corrected chi connectivity index (χ0v) is 11.3. The van der Waals surface area contributed by atoms with Crippen LogP contribution in [-0.2, 0) is 0 Å². The summed E-state index contributed by atoms with van der Waals surface area (Å²) < 4.78 is 15.0. The number of methoxy groups -OCH3 is 1. The fraction of sp³-hybridized carbons (Fsp3) is 0.333. The molecule has 5 nitrogen and oxygen atoms in total. The molecule has 96 valence electrons. The quantitative estimate of drug-likeness (QED) is 0.860. The summed E-state index contributed by atoms with van der Waals surface area (Å²) in [6.07, 6.45) is 0. The number of benzene rings is 1. The molecule has 0 spiro atoms. The van der Waals surface area contributed by atoms with Crippen LogP contribution in [0.25, 0.3) is 0 Å². The Labute approximate surface area is 110 Å². The van der Waals surface area contributed by atoms with E-state index < -0.39 is 0 Å². The second-order valence-electron chi connectivity index (χ2n) is 4.08. The molecule has 0 radical (unpaired) electrons. The number of hydrogen-bond donors (Lipinski definition) is 1. The van der Waals surface area contributed by atoms with Crippen LogP contribution in [0.3, 0.4) is 0 Å². The molecule has 0 aliphatic heterocycles. The SMILES string of the molecule is COc1ccc(N)c(Oc2nc(C(C)C)ns2)c1. The average molecular weight is 265 g/mol. The van der Waals surface area contributed by atoms with Gasteiger partial charge in [-0.05, 0) is 12.1 Å². The van der Waals surface area contributed by atoms with Crippen molar-refractivity contribution in [1.29, 1.82) is 0 Å². The summed E-state index contributed by atoms with van der Waals surface area (Å²) in [5, 5.41) is 0.485. The number of ether oxygens (including phenoxy) is 2. The molecule has 2 aromatic rings. The van der Waals surface area contributed by atoms with E-state index in [9.17, 15) is 0 Å². The lowest BCUT2D eigenvalue weighted by Crippen LogP contribution is -1.94. The number of rotatable bonds is 4. The first-order valence-electron chi connectivity index (χ1n) is 5.55. The van der Waals surface area contributed by atoms with Crippen LogP contribution in [0.15, 0.2) is 18.2 Å². The molecule has 0 saturated carbocycles. The summed E-state index contributed by atoms with van der Waals surface area (Å²) in [6, 6.07) is 5.24. The smallest absolute Gasteiger partial charge is 0.298 e. The van der Waals surface area contributed by atoms with Crippen LogP contribution < -0.4 is 15.2 Å². The van der Waals surface area contributed by atoms with Gasteiger partial charge in [-0.25, -0.2) is 0 Å². The average Bonchev–Trinajstić information content (AvgIpc) is 2.81. The number of anilines is 1. The first kappa shape index (κ1) is 12.6. The van der Waals surface area contributed by atoms with E-state index in [1.54, 1.807) is 25.3 Å². The molecule has 1 aromatic carbocycles. The Morgan fingerprint density at radius 2 is 2.11 bits per heavy atom. The number of hydrogen-bond acceptors (Lipinski definition) is 6. The molecule has 1 heterocycles. The first-order valence-corrected chi connectivity index (χ1v) is 6.32. The molecule has 0 aliphatic rings. The second kappa shape index (κ2) is 5.22. The Bertz CT molecular complexity index is 540. The molecule has 0 amide bonds. The highest BCUT2D eigenvalue weighted by Crippen LogP contribution is 2.32. The Morgan fingerprint density at radius 1 is 1.33 bits per heavy atom. The molecule has 0 unspecified atom stereocenters. The molecular weight excluding hydrogens is 250 g/mol. The van der Waals surface area contributed by atoms with E-state index >= 15 is 0 Å². The number of aromatic nitrogens is 2. The highest BCUT2D eigenvalue weighted by molar-refractivity contribution is 7.07. The lowest BCUT2D eigenvalue weighted by molar-refractivity contribution is 0.409. The van der Waals surface area contributed by atoms with Gasteiger partial charge in [0.1, 0.15) is 11.6 Å². The minimum absolute atomic E-state index is 0.279. The van der Waals surface area contributed by atoms with Crippen molar-refractivity contribution in [3.8, 4) is 16.7 Å². The summed E-state index contributed by atoms with van der Waals surface area (Å²) in [7, 11) is 1.59. The maximum absolute atomic E-state index is 5.83. The Kier molecular flexibility index (Phi) is 3.66. The van der Waals surface area contributed by atoms with E-state index in [0.717, 1.165) is 5.82 Å². The van der Waals surface area contributed by atoms with Crippen molar-refractivity contribution < 1.29 is 9.47 Å². The maximum Gasteiger partial charge on any atom is 0.298 e. The van der Waals surface area contributed by atoms with Gasteiger partial charge in [-0.1, -0.05) is 13.8 Å². The number of nitrogen functional groups attached to an aromatic ring is 1. The lowest BCUT2D eigenvalue weighted by Gasteiger charge is -2.07. The molecule has 0 fully saturated rings. The molecule has 0 bridgehead atoms. The van der Waals surface area contributed by atoms with Gasteiger partial charge in [0, 0.05) is 23.5 Å². The third-order valence-corrected chi connectivity index (χ3v) is 2.97. The summed E-state index contributed by atoms with van der Waals surface area (Å²) in [6.45, 7) is 4.07. The van der Waals surface area contributed by atoms with Crippen molar-refractivity contribution in [2.75, 3.05) is 12.8 Å². The lowest BCUT2D eigenvalue weighted by atomic mass is 10.2. The van der Waals surface area contributed by atoms with Gasteiger partial charge in [-0.15, -0.1) is 0 Å². The van der Waals surface area contributed by atoms with Crippen molar-refractivity contribution in [3.63, 3.8) is 0 Å². The molecule has 1 aromatic heterocycles. The van der Waals surface area contributed by atoms with Crippen molar-refractivity contribution in [3.05, 3.63) is 24.0 Å². The number of nitrogens with two attached hydrogens (primary N) is 1. The maximum atomic E-state index is 5.83. The molecule has 6 heteroatoms. The van der Waals surface area contributed by atoms with Crippen molar-refractivity contribution in [1.82, 2.24) is 9.36 Å². The van der Waals surface area contributed by atoms with Gasteiger partial charge in [0.15, 0.2) is 5.75 Å². The summed E-state index contributed by atoms with van der Waals surface area (Å²) >= 11 is 1.22. The van der Waals surface area contributed by atoms with Crippen LogP contribution in [0.5, 0.6) is 16.7 Å². The third-order valence-electron chi connectivity index (χ3n) is 2.36.